The molecule has 178 valence electrons. The van der Waals surface area contributed by atoms with E-state index in [4.69, 9.17) is 21.1 Å². The summed E-state index contributed by atoms with van der Waals surface area (Å²) >= 11 is 6.17. The Bertz CT molecular complexity index is 1360. The van der Waals surface area contributed by atoms with Crippen molar-refractivity contribution in [3.63, 3.8) is 0 Å². The highest BCUT2D eigenvalue weighted by molar-refractivity contribution is 6.51. The quantitative estimate of drug-likeness (QED) is 0.303. The number of benzene rings is 3. The Kier molecular flexibility index (Phi) is 5.86. The zero-order valence-electron chi connectivity index (χ0n) is 18.8. The van der Waals surface area contributed by atoms with E-state index in [-0.39, 0.29) is 22.1 Å². The first-order chi connectivity index (χ1) is 16.9. The van der Waals surface area contributed by atoms with Crippen LogP contribution in [0.15, 0.2) is 66.2 Å². The van der Waals surface area contributed by atoms with E-state index in [9.17, 15) is 19.8 Å². The van der Waals surface area contributed by atoms with Gasteiger partial charge in [0.1, 0.15) is 24.7 Å². The van der Waals surface area contributed by atoms with E-state index in [0.717, 1.165) is 12.0 Å². The predicted octanol–water partition coefficient (Wildman–Crippen LogP) is 5.01. The first kappa shape index (κ1) is 22.8. The Hall–Kier alpha value is -3.97. The summed E-state index contributed by atoms with van der Waals surface area (Å²) in [5, 5.41) is 21.3. The maximum atomic E-state index is 13.3. The van der Waals surface area contributed by atoms with Crippen LogP contribution < -0.4 is 14.4 Å². The molecule has 3 aromatic rings. The van der Waals surface area contributed by atoms with Gasteiger partial charge >= 0.3 is 0 Å². The van der Waals surface area contributed by atoms with Crippen molar-refractivity contribution in [2.24, 2.45) is 0 Å². The van der Waals surface area contributed by atoms with Crippen LogP contribution in [-0.4, -0.2) is 35.1 Å². The molecule has 0 bridgehead atoms. The molecule has 1 atom stereocenters. The number of aliphatic hydroxyl groups excluding tert-OH is 1. The van der Waals surface area contributed by atoms with Crippen molar-refractivity contribution in [3.05, 3.63) is 87.9 Å². The van der Waals surface area contributed by atoms with Crippen LogP contribution >= 0.6 is 11.6 Å². The molecule has 7 nitrogen and oxygen atoms in total. The number of phenols is 1. The molecule has 2 aliphatic rings. The summed E-state index contributed by atoms with van der Waals surface area (Å²) in [6, 6.07) is 15.6. The van der Waals surface area contributed by atoms with Crippen molar-refractivity contribution < 1.29 is 29.3 Å². The van der Waals surface area contributed by atoms with Crippen LogP contribution in [0.5, 0.6) is 17.2 Å². The first-order valence-corrected chi connectivity index (χ1v) is 11.5. The largest absolute Gasteiger partial charge is 0.507 e. The average molecular weight is 492 g/mol. The van der Waals surface area contributed by atoms with Crippen LogP contribution in [0.4, 0.5) is 5.69 Å². The second-order valence-electron chi connectivity index (χ2n) is 8.26. The Labute approximate surface area is 206 Å². The number of hydrogen-bond donors (Lipinski definition) is 2. The Balaban J connectivity index is 1.69. The molecular weight excluding hydrogens is 470 g/mol. The van der Waals surface area contributed by atoms with Crippen LogP contribution in [0.25, 0.3) is 5.76 Å². The average Bonchev–Trinajstić information content (AvgIpc) is 3.15. The number of anilines is 1. The number of aromatic hydroxyl groups is 1. The van der Waals surface area contributed by atoms with Crippen molar-refractivity contribution in [1.82, 2.24) is 0 Å². The number of aryl methyl sites for hydroxylation is 1. The number of ketones is 1. The topological polar surface area (TPSA) is 96.3 Å². The van der Waals surface area contributed by atoms with Gasteiger partial charge < -0.3 is 19.7 Å². The minimum absolute atomic E-state index is 0.0637. The fourth-order valence-corrected chi connectivity index (χ4v) is 4.53. The minimum atomic E-state index is -0.964. The summed E-state index contributed by atoms with van der Waals surface area (Å²) in [7, 11) is 0. The lowest BCUT2D eigenvalue weighted by Gasteiger charge is -2.26. The number of nitrogens with zero attached hydrogens (tertiary/aromatic N) is 1. The highest BCUT2D eigenvalue weighted by Gasteiger charge is 2.47. The number of fused-ring (bicyclic) bond motifs is 1. The van der Waals surface area contributed by atoms with Gasteiger partial charge in [0.25, 0.3) is 11.7 Å². The third kappa shape index (κ3) is 3.98. The minimum Gasteiger partial charge on any atom is -0.507 e. The third-order valence-corrected chi connectivity index (χ3v) is 6.47. The molecule has 0 aliphatic carbocycles. The van der Waals surface area contributed by atoms with Gasteiger partial charge in [0.15, 0.2) is 11.5 Å². The van der Waals surface area contributed by atoms with Gasteiger partial charge in [-0.15, -0.1) is 0 Å². The van der Waals surface area contributed by atoms with Gasteiger partial charge in [-0.25, -0.2) is 0 Å². The summed E-state index contributed by atoms with van der Waals surface area (Å²) in [5.74, 6) is -1.11. The zero-order valence-corrected chi connectivity index (χ0v) is 19.6. The molecule has 2 aliphatic heterocycles. The van der Waals surface area contributed by atoms with Gasteiger partial charge in [-0.1, -0.05) is 36.7 Å². The Morgan fingerprint density at radius 2 is 1.71 bits per heavy atom. The summed E-state index contributed by atoms with van der Waals surface area (Å²) < 4.78 is 11.2. The number of carbonyl (C=O) groups is 2. The number of phenolic OH excluding ortho intramolecular Hbond substituents is 1. The van der Waals surface area contributed by atoms with Crippen molar-refractivity contribution in [1.29, 1.82) is 0 Å². The first-order valence-electron chi connectivity index (χ1n) is 11.2. The highest BCUT2D eigenvalue weighted by atomic mass is 35.5. The van der Waals surface area contributed by atoms with E-state index in [1.165, 1.54) is 17.0 Å². The molecule has 0 aromatic heterocycles. The van der Waals surface area contributed by atoms with Crippen molar-refractivity contribution >= 4 is 34.7 Å². The third-order valence-electron chi connectivity index (χ3n) is 6.17. The molecular formula is C27H22ClNO6. The second-order valence-corrected chi connectivity index (χ2v) is 8.67. The Morgan fingerprint density at radius 3 is 2.40 bits per heavy atom. The number of hydrogen-bond acceptors (Lipinski definition) is 6. The van der Waals surface area contributed by atoms with Gasteiger partial charge in [0.05, 0.1) is 16.6 Å². The van der Waals surface area contributed by atoms with Gasteiger partial charge in [0, 0.05) is 11.3 Å². The normalized spacial score (nSPS) is 18.7. The number of aliphatic hydroxyl groups is 1. The van der Waals surface area contributed by atoms with Gasteiger partial charge in [-0.05, 0) is 60.0 Å². The van der Waals surface area contributed by atoms with Gasteiger partial charge in [-0.3, -0.25) is 14.5 Å². The van der Waals surface area contributed by atoms with Crippen LogP contribution in [0, 0.1) is 0 Å². The lowest BCUT2D eigenvalue weighted by Crippen LogP contribution is -2.29. The number of rotatable bonds is 4. The van der Waals surface area contributed by atoms with E-state index < -0.39 is 17.7 Å². The molecule has 0 spiro atoms. The smallest absolute Gasteiger partial charge is 0.300 e. The van der Waals surface area contributed by atoms with E-state index >= 15 is 0 Å². The maximum Gasteiger partial charge on any atom is 0.300 e. The van der Waals surface area contributed by atoms with E-state index in [1.807, 2.05) is 19.1 Å². The van der Waals surface area contributed by atoms with Crippen LogP contribution in [0.2, 0.25) is 5.02 Å². The zero-order chi connectivity index (χ0) is 24.7. The summed E-state index contributed by atoms with van der Waals surface area (Å²) in [6.45, 7) is 2.80. The molecule has 8 heteroatoms. The van der Waals surface area contributed by atoms with Gasteiger partial charge in [0.2, 0.25) is 0 Å². The molecule has 1 fully saturated rings. The highest BCUT2D eigenvalue weighted by Crippen LogP contribution is 2.44. The lowest BCUT2D eigenvalue weighted by atomic mass is 9.94. The van der Waals surface area contributed by atoms with Crippen molar-refractivity contribution in [3.8, 4) is 17.2 Å². The van der Waals surface area contributed by atoms with E-state index in [0.29, 0.717) is 41.5 Å². The van der Waals surface area contributed by atoms with E-state index in [1.54, 1.807) is 36.4 Å². The number of halogens is 1. The molecule has 1 saturated heterocycles. The molecule has 0 saturated carbocycles. The summed E-state index contributed by atoms with van der Waals surface area (Å²) in [5.41, 5.74) is 2.26. The standard InChI is InChI=1S/C27H22ClNO6/c1-2-15-3-7-18(8-4-15)29-24(16-5-9-20(30)19(28)13-16)23(26(32)27(29)33)25(31)17-6-10-21-22(14-17)35-12-11-34-21/h3-10,13-14,24,30-31H,2,11-12H2,1H3/b25-23-. The Morgan fingerprint density at radius 1 is 1.00 bits per heavy atom. The molecule has 1 unspecified atom stereocenters. The molecule has 2 heterocycles. The fourth-order valence-electron chi connectivity index (χ4n) is 4.35. The number of ether oxygens (including phenoxy) is 2. The molecule has 0 radical (unpaired) electrons. The van der Waals surface area contributed by atoms with Gasteiger partial charge in [-0.2, -0.15) is 0 Å². The van der Waals surface area contributed by atoms with Crippen molar-refractivity contribution in [2.45, 2.75) is 19.4 Å². The van der Waals surface area contributed by atoms with Crippen molar-refractivity contribution in [2.75, 3.05) is 18.1 Å². The van der Waals surface area contributed by atoms with Crippen LogP contribution in [-0.2, 0) is 16.0 Å². The number of carbonyl (C=O) groups excluding carboxylic acids is 2. The summed E-state index contributed by atoms with van der Waals surface area (Å²) in [6.07, 6.45) is 0.820. The van der Waals surface area contributed by atoms with E-state index in [2.05, 4.69) is 0 Å². The monoisotopic (exact) mass is 491 g/mol. The predicted molar refractivity (Wildman–Crippen MR) is 131 cm³/mol. The molecule has 3 aromatic carbocycles. The summed E-state index contributed by atoms with van der Waals surface area (Å²) in [4.78, 5) is 27.9. The second kappa shape index (κ2) is 9.00. The molecule has 2 N–H and O–H groups in total. The van der Waals surface area contributed by atoms with Crippen LogP contribution in [0.1, 0.15) is 29.7 Å². The SMILES string of the molecule is CCc1ccc(N2C(=O)C(=O)/C(=C(\O)c3ccc4c(c3)OCCO4)C2c2ccc(O)c(Cl)c2)cc1. The molecule has 1 amide bonds. The molecule has 5 rings (SSSR count). The lowest BCUT2D eigenvalue weighted by molar-refractivity contribution is -0.132. The molecule has 35 heavy (non-hydrogen) atoms. The number of amides is 1. The number of Topliss-reactive ketones (excluding diaryl/α,β-unsaturated/α-hetero) is 1. The van der Waals surface area contributed by atoms with Crippen LogP contribution in [0.3, 0.4) is 0 Å². The fraction of sp³-hybridized carbons (Fsp3) is 0.185. The maximum absolute atomic E-state index is 13.3.